The maximum absolute atomic E-state index is 10.6. The summed E-state index contributed by atoms with van der Waals surface area (Å²) < 4.78 is 1.62. The summed E-state index contributed by atoms with van der Waals surface area (Å²) in [5.74, 6) is -0.224. The molecule has 0 saturated heterocycles. The molecule has 1 heterocycles. The van der Waals surface area contributed by atoms with Crippen LogP contribution in [-0.4, -0.2) is 31.6 Å². The van der Waals surface area contributed by atoms with Gasteiger partial charge in [-0.25, -0.2) is 9.67 Å². The molecule has 0 bridgehead atoms. The van der Waals surface area contributed by atoms with Gasteiger partial charge in [0.2, 0.25) is 0 Å². The molecule has 0 aliphatic rings. The van der Waals surface area contributed by atoms with Crippen molar-refractivity contribution >= 4 is 17.7 Å². The van der Waals surface area contributed by atoms with Crippen molar-refractivity contribution in [2.75, 3.05) is 5.75 Å². The second-order valence-corrected chi connectivity index (χ2v) is 4.98. The predicted octanol–water partition coefficient (Wildman–Crippen LogP) is 2.22. The van der Waals surface area contributed by atoms with E-state index in [0.29, 0.717) is 11.0 Å². The lowest BCUT2D eigenvalue weighted by molar-refractivity contribution is -0.133. The van der Waals surface area contributed by atoms with Crippen LogP contribution in [0, 0.1) is 0 Å². The fourth-order valence-corrected chi connectivity index (χ4v) is 2.41. The van der Waals surface area contributed by atoms with Gasteiger partial charge in [0.1, 0.15) is 0 Å². The van der Waals surface area contributed by atoms with Gasteiger partial charge in [0.05, 0.1) is 5.75 Å². The molecular formula is C13H15N3O2S. The molecule has 1 aromatic heterocycles. The Morgan fingerprint density at radius 3 is 2.84 bits per heavy atom. The molecule has 6 heteroatoms. The van der Waals surface area contributed by atoms with Gasteiger partial charge in [-0.1, -0.05) is 43.0 Å². The van der Waals surface area contributed by atoms with Crippen LogP contribution >= 0.6 is 11.8 Å². The number of carboxylic acids is 1. The van der Waals surface area contributed by atoms with Gasteiger partial charge in [-0.2, -0.15) is 5.10 Å². The highest BCUT2D eigenvalue weighted by atomic mass is 32.2. The van der Waals surface area contributed by atoms with Crippen LogP contribution in [-0.2, 0) is 18.3 Å². The van der Waals surface area contributed by atoms with E-state index in [-0.39, 0.29) is 5.75 Å². The van der Waals surface area contributed by atoms with Crippen LogP contribution in [0.25, 0.3) is 11.4 Å². The summed E-state index contributed by atoms with van der Waals surface area (Å²) in [4.78, 5) is 15.0. The first kappa shape index (κ1) is 13.6. The quantitative estimate of drug-likeness (QED) is 0.849. The second kappa shape index (κ2) is 5.88. The second-order valence-electron chi connectivity index (χ2n) is 4.03. The normalized spacial score (nSPS) is 10.6. The van der Waals surface area contributed by atoms with Crippen molar-refractivity contribution in [1.82, 2.24) is 14.8 Å². The van der Waals surface area contributed by atoms with Crippen LogP contribution in [0.5, 0.6) is 0 Å². The first-order valence-electron chi connectivity index (χ1n) is 5.95. The lowest BCUT2D eigenvalue weighted by atomic mass is 10.1. The molecule has 0 amide bonds. The third-order valence-electron chi connectivity index (χ3n) is 2.69. The highest BCUT2D eigenvalue weighted by molar-refractivity contribution is 7.99. The number of benzene rings is 1. The number of aliphatic carboxylic acids is 1. The fraction of sp³-hybridized carbons (Fsp3) is 0.308. The SMILES string of the molecule is CCc1ccccc1-c1nc(SCC(=O)O)n(C)n1. The third-order valence-corrected chi connectivity index (χ3v) is 3.69. The number of rotatable bonds is 5. The lowest BCUT2D eigenvalue weighted by Crippen LogP contribution is -2.00. The van der Waals surface area contributed by atoms with Crippen molar-refractivity contribution in [2.45, 2.75) is 18.5 Å². The average molecular weight is 277 g/mol. The molecule has 0 aliphatic heterocycles. The Hall–Kier alpha value is -1.82. The van der Waals surface area contributed by atoms with Gasteiger partial charge in [-0.15, -0.1) is 0 Å². The van der Waals surface area contributed by atoms with Crippen LogP contribution in [0.3, 0.4) is 0 Å². The minimum Gasteiger partial charge on any atom is -0.481 e. The van der Waals surface area contributed by atoms with Gasteiger partial charge in [0, 0.05) is 12.6 Å². The number of carboxylic acid groups (broad SMARTS) is 1. The van der Waals surface area contributed by atoms with Gasteiger partial charge in [-0.05, 0) is 12.0 Å². The van der Waals surface area contributed by atoms with E-state index in [2.05, 4.69) is 23.1 Å². The zero-order valence-corrected chi connectivity index (χ0v) is 11.6. The lowest BCUT2D eigenvalue weighted by Gasteiger charge is -2.02. The topological polar surface area (TPSA) is 68.0 Å². The van der Waals surface area contributed by atoms with Gasteiger partial charge in [0.25, 0.3) is 0 Å². The van der Waals surface area contributed by atoms with Crippen molar-refractivity contribution in [3.63, 3.8) is 0 Å². The van der Waals surface area contributed by atoms with E-state index in [9.17, 15) is 4.79 Å². The van der Waals surface area contributed by atoms with E-state index < -0.39 is 5.97 Å². The molecule has 19 heavy (non-hydrogen) atoms. The summed E-state index contributed by atoms with van der Waals surface area (Å²) in [6, 6.07) is 7.98. The first-order chi connectivity index (χ1) is 9.11. The van der Waals surface area contributed by atoms with Crippen molar-refractivity contribution < 1.29 is 9.90 Å². The van der Waals surface area contributed by atoms with E-state index >= 15 is 0 Å². The molecule has 2 rings (SSSR count). The smallest absolute Gasteiger partial charge is 0.313 e. The van der Waals surface area contributed by atoms with E-state index in [1.165, 1.54) is 17.3 Å². The zero-order chi connectivity index (χ0) is 13.8. The van der Waals surface area contributed by atoms with E-state index in [4.69, 9.17) is 5.11 Å². The Morgan fingerprint density at radius 2 is 2.16 bits per heavy atom. The molecule has 100 valence electrons. The largest absolute Gasteiger partial charge is 0.481 e. The van der Waals surface area contributed by atoms with Crippen LogP contribution in [0.1, 0.15) is 12.5 Å². The highest BCUT2D eigenvalue weighted by Gasteiger charge is 2.13. The summed E-state index contributed by atoms with van der Waals surface area (Å²) >= 11 is 1.17. The molecule has 0 fully saturated rings. The number of hydrogen-bond donors (Lipinski definition) is 1. The number of aromatic nitrogens is 3. The summed E-state index contributed by atoms with van der Waals surface area (Å²) in [6.45, 7) is 2.09. The Kier molecular flexibility index (Phi) is 4.21. The van der Waals surface area contributed by atoms with Gasteiger partial charge in [0.15, 0.2) is 11.0 Å². The Balaban J connectivity index is 2.31. The average Bonchev–Trinajstić information content (AvgIpc) is 2.77. The molecule has 0 unspecified atom stereocenters. The number of aryl methyl sites for hydroxylation is 2. The van der Waals surface area contributed by atoms with E-state index in [1.54, 1.807) is 11.7 Å². The van der Waals surface area contributed by atoms with Crippen molar-refractivity contribution in [1.29, 1.82) is 0 Å². The molecule has 0 spiro atoms. The number of nitrogens with zero attached hydrogens (tertiary/aromatic N) is 3. The van der Waals surface area contributed by atoms with Crippen LogP contribution < -0.4 is 0 Å². The molecule has 5 nitrogen and oxygen atoms in total. The van der Waals surface area contributed by atoms with Crippen LogP contribution in [0.2, 0.25) is 0 Å². The maximum Gasteiger partial charge on any atom is 0.313 e. The van der Waals surface area contributed by atoms with E-state index in [0.717, 1.165) is 12.0 Å². The first-order valence-corrected chi connectivity index (χ1v) is 6.94. The predicted molar refractivity (Wildman–Crippen MR) is 74.2 cm³/mol. The summed E-state index contributed by atoms with van der Waals surface area (Å²) in [5.41, 5.74) is 2.19. The Bertz CT molecular complexity index is 595. The van der Waals surface area contributed by atoms with Crippen molar-refractivity contribution in [3.8, 4) is 11.4 Å². The van der Waals surface area contributed by atoms with Crippen LogP contribution in [0.15, 0.2) is 29.4 Å². The molecule has 0 atom stereocenters. The zero-order valence-electron chi connectivity index (χ0n) is 10.8. The fourth-order valence-electron chi connectivity index (χ4n) is 1.78. The number of thioether (sulfide) groups is 1. The molecule has 1 N–H and O–H groups in total. The monoisotopic (exact) mass is 277 g/mol. The highest BCUT2D eigenvalue weighted by Crippen LogP contribution is 2.24. The van der Waals surface area contributed by atoms with Crippen molar-refractivity contribution in [3.05, 3.63) is 29.8 Å². The Morgan fingerprint density at radius 1 is 1.42 bits per heavy atom. The molecule has 2 aromatic rings. The number of hydrogen-bond acceptors (Lipinski definition) is 4. The Labute approximate surface area is 115 Å². The van der Waals surface area contributed by atoms with E-state index in [1.807, 2.05) is 18.2 Å². The van der Waals surface area contributed by atoms with Gasteiger partial charge in [-0.3, -0.25) is 4.79 Å². The minimum absolute atomic E-state index is 0.0125. The molecule has 1 aromatic carbocycles. The molecule has 0 aliphatic carbocycles. The maximum atomic E-state index is 10.6. The summed E-state index contributed by atoms with van der Waals surface area (Å²) in [7, 11) is 1.77. The molecule has 0 radical (unpaired) electrons. The third kappa shape index (κ3) is 3.14. The molecule has 0 saturated carbocycles. The van der Waals surface area contributed by atoms with Gasteiger partial charge >= 0.3 is 5.97 Å². The molecular weight excluding hydrogens is 262 g/mol. The standard InChI is InChI=1S/C13H15N3O2S/c1-3-9-6-4-5-7-10(9)12-14-13(16(2)15-12)19-8-11(17)18/h4-7H,3,8H2,1-2H3,(H,17,18). The summed E-state index contributed by atoms with van der Waals surface area (Å²) in [6.07, 6.45) is 0.909. The minimum atomic E-state index is -0.858. The van der Waals surface area contributed by atoms with Gasteiger partial charge < -0.3 is 5.11 Å². The van der Waals surface area contributed by atoms with Crippen LogP contribution in [0.4, 0.5) is 0 Å². The summed E-state index contributed by atoms with van der Waals surface area (Å²) in [5, 5.41) is 13.7. The number of carbonyl (C=O) groups is 1. The van der Waals surface area contributed by atoms with Crippen molar-refractivity contribution in [2.24, 2.45) is 7.05 Å².